The van der Waals surface area contributed by atoms with E-state index >= 15 is 0 Å². The predicted molar refractivity (Wildman–Crippen MR) is 84.3 cm³/mol. The maximum absolute atomic E-state index is 11.6. The molecular formula is C14H19N3O2S. The number of nitrogens with one attached hydrogen (secondary N) is 3. The lowest BCUT2D eigenvalue weighted by atomic mass is 10.2. The van der Waals surface area contributed by atoms with E-state index in [1.807, 2.05) is 18.2 Å². The van der Waals surface area contributed by atoms with Crippen molar-refractivity contribution in [3.63, 3.8) is 0 Å². The van der Waals surface area contributed by atoms with Crippen molar-refractivity contribution in [2.24, 2.45) is 0 Å². The molecule has 1 heterocycles. The standard InChI is InChI=1S/C14H19N3O2S/c1-3-4-7-15-14(20)16-10-5-6-12-11(8-10)17-13(18)9(2)19-12/h5-6,8-9H,3-4,7H2,1-2H3,(H,17,18)(H2,15,16,20)/t9-/m0/s1. The molecule has 0 bridgehead atoms. The molecule has 5 nitrogen and oxygen atoms in total. The normalized spacial score (nSPS) is 16.7. The lowest BCUT2D eigenvalue weighted by Gasteiger charge is -2.23. The number of thiocarbonyl (C=S) groups is 1. The summed E-state index contributed by atoms with van der Waals surface area (Å²) < 4.78 is 5.50. The Bertz CT molecular complexity index is 519. The largest absolute Gasteiger partial charge is 0.479 e. The molecule has 0 saturated carbocycles. The predicted octanol–water partition coefficient (Wildman–Crippen LogP) is 2.49. The summed E-state index contributed by atoms with van der Waals surface area (Å²) in [4.78, 5) is 11.6. The summed E-state index contributed by atoms with van der Waals surface area (Å²) in [5.41, 5.74) is 1.48. The summed E-state index contributed by atoms with van der Waals surface area (Å²) in [6.45, 7) is 4.70. The van der Waals surface area contributed by atoms with Crippen LogP contribution in [0.3, 0.4) is 0 Å². The first kappa shape index (κ1) is 14.6. The number of anilines is 2. The zero-order chi connectivity index (χ0) is 14.5. The minimum atomic E-state index is -0.460. The number of carbonyl (C=O) groups excluding carboxylic acids is 1. The zero-order valence-corrected chi connectivity index (χ0v) is 12.5. The molecule has 1 amide bonds. The smallest absolute Gasteiger partial charge is 0.265 e. The van der Waals surface area contributed by atoms with Crippen LogP contribution in [0.1, 0.15) is 26.7 Å². The van der Waals surface area contributed by atoms with Gasteiger partial charge in [-0.1, -0.05) is 13.3 Å². The molecule has 1 aliphatic heterocycles. The molecule has 1 aromatic rings. The monoisotopic (exact) mass is 293 g/mol. The summed E-state index contributed by atoms with van der Waals surface area (Å²) in [5.74, 6) is 0.533. The average Bonchev–Trinajstić information content (AvgIpc) is 2.41. The highest BCUT2D eigenvalue weighted by Gasteiger charge is 2.23. The van der Waals surface area contributed by atoms with Crippen LogP contribution in [0, 0.1) is 0 Å². The molecule has 0 fully saturated rings. The molecule has 0 aromatic heterocycles. The molecule has 0 spiro atoms. The SMILES string of the molecule is CCCCNC(=S)Nc1ccc2c(c1)NC(=O)[C@H](C)O2. The maximum atomic E-state index is 11.6. The van der Waals surface area contributed by atoms with E-state index in [1.165, 1.54) is 0 Å². The van der Waals surface area contributed by atoms with E-state index in [4.69, 9.17) is 17.0 Å². The fourth-order valence-corrected chi connectivity index (χ4v) is 2.06. The molecule has 6 heteroatoms. The van der Waals surface area contributed by atoms with Gasteiger partial charge in [0, 0.05) is 12.2 Å². The van der Waals surface area contributed by atoms with Gasteiger partial charge in [0.05, 0.1) is 5.69 Å². The topological polar surface area (TPSA) is 62.4 Å². The van der Waals surface area contributed by atoms with Gasteiger partial charge in [-0.05, 0) is 43.8 Å². The second kappa shape index (κ2) is 6.56. The molecule has 1 atom stereocenters. The highest BCUT2D eigenvalue weighted by Crippen LogP contribution is 2.32. The van der Waals surface area contributed by atoms with Gasteiger partial charge < -0.3 is 20.7 Å². The van der Waals surface area contributed by atoms with Gasteiger partial charge in [0.15, 0.2) is 11.2 Å². The molecule has 1 aromatic carbocycles. The van der Waals surface area contributed by atoms with E-state index in [1.54, 1.807) is 6.92 Å². The number of hydrogen-bond donors (Lipinski definition) is 3. The zero-order valence-electron chi connectivity index (χ0n) is 11.7. The van der Waals surface area contributed by atoms with Crippen molar-refractivity contribution < 1.29 is 9.53 Å². The third-order valence-electron chi connectivity index (χ3n) is 2.98. The quantitative estimate of drug-likeness (QED) is 0.588. The summed E-state index contributed by atoms with van der Waals surface area (Å²) in [6, 6.07) is 5.51. The van der Waals surface area contributed by atoms with Crippen LogP contribution < -0.4 is 20.7 Å². The number of fused-ring (bicyclic) bond motifs is 1. The number of rotatable bonds is 4. The Morgan fingerprint density at radius 1 is 1.50 bits per heavy atom. The van der Waals surface area contributed by atoms with Gasteiger partial charge in [-0.2, -0.15) is 0 Å². The molecule has 20 heavy (non-hydrogen) atoms. The number of ether oxygens (including phenoxy) is 1. The van der Waals surface area contributed by atoms with Gasteiger partial charge in [0.2, 0.25) is 0 Å². The van der Waals surface area contributed by atoms with Crippen LogP contribution in [0.2, 0.25) is 0 Å². The van der Waals surface area contributed by atoms with E-state index in [9.17, 15) is 4.79 Å². The lowest BCUT2D eigenvalue weighted by molar-refractivity contribution is -0.122. The summed E-state index contributed by atoms with van der Waals surface area (Å²) >= 11 is 5.21. The van der Waals surface area contributed by atoms with E-state index in [0.717, 1.165) is 25.1 Å². The number of carbonyl (C=O) groups is 1. The minimum absolute atomic E-state index is 0.140. The third-order valence-corrected chi connectivity index (χ3v) is 3.23. The second-order valence-electron chi connectivity index (χ2n) is 4.69. The van der Waals surface area contributed by atoms with Gasteiger partial charge in [-0.3, -0.25) is 4.79 Å². The molecule has 0 saturated heterocycles. The first-order valence-corrected chi connectivity index (χ1v) is 7.17. The van der Waals surface area contributed by atoms with Gasteiger partial charge in [-0.25, -0.2) is 0 Å². The van der Waals surface area contributed by atoms with Crippen LogP contribution in [0.5, 0.6) is 5.75 Å². The van der Waals surface area contributed by atoms with Crippen LogP contribution in [-0.4, -0.2) is 23.7 Å². The second-order valence-corrected chi connectivity index (χ2v) is 5.10. The first-order valence-electron chi connectivity index (χ1n) is 6.76. The molecule has 3 N–H and O–H groups in total. The van der Waals surface area contributed by atoms with Crippen molar-refractivity contribution in [2.75, 3.05) is 17.2 Å². The molecule has 1 aliphatic rings. The lowest BCUT2D eigenvalue weighted by Crippen LogP contribution is -2.34. The molecule has 108 valence electrons. The van der Waals surface area contributed by atoms with Crippen LogP contribution >= 0.6 is 12.2 Å². The van der Waals surface area contributed by atoms with Crippen LogP contribution in [0.4, 0.5) is 11.4 Å². The number of benzene rings is 1. The Hall–Kier alpha value is -1.82. The van der Waals surface area contributed by atoms with Crippen molar-refractivity contribution in [3.05, 3.63) is 18.2 Å². The number of amides is 1. The Morgan fingerprint density at radius 3 is 3.05 bits per heavy atom. The van der Waals surface area contributed by atoms with E-state index in [-0.39, 0.29) is 5.91 Å². The molecule has 2 rings (SSSR count). The van der Waals surface area contributed by atoms with Crippen LogP contribution in [0.15, 0.2) is 18.2 Å². The number of hydrogen-bond acceptors (Lipinski definition) is 3. The molecular weight excluding hydrogens is 274 g/mol. The van der Waals surface area contributed by atoms with Crippen molar-refractivity contribution in [1.29, 1.82) is 0 Å². The van der Waals surface area contributed by atoms with Crippen molar-refractivity contribution in [3.8, 4) is 5.75 Å². The van der Waals surface area contributed by atoms with Gasteiger partial charge >= 0.3 is 0 Å². The van der Waals surface area contributed by atoms with Gasteiger partial charge in [0.25, 0.3) is 5.91 Å². The summed E-state index contributed by atoms with van der Waals surface area (Å²) in [6.07, 6.45) is 1.74. The van der Waals surface area contributed by atoms with E-state index in [0.29, 0.717) is 16.5 Å². The van der Waals surface area contributed by atoms with E-state index < -0.39 is 6.10 Å². The Kier molecular flexibility index (Phi) is 4.79. The summed E-state index contributed by atoms with van der Waals surface area (Å²) in [7, 11) is 0. The van der Waals surface area contributed by atoms with Crippen LogP contribution in [0.25, 0.3) is 0 Å². The Morgan fingerprint density at radius 2 is 2.30 bits per heavy atom. The fourth-order valence-electron chi connectivity index (χ4n) is 1.84. The molecule has 0 radical (unpaired) electrons. The molecule has 0 unspecified atom stereocenters. The Labute approximate surface area is 124 Å². The third kappa shape index (κ3) is 3.60. The van der Waals surface area contributed by atoms with Crippen molar-refractivity contribution in [1.82, 2.24) is 5.32 Å². The van der Waals surface area contributed by atoms with E-state index in [2.05, 4.69) is 22.9 Å². The highest BCUT2D eigenvalue weighted by molar-refractivity contribution is 7.80. The van der Waals surface area contributed by atoms with Crippen LogP contribution in [-0.2, 0) is 4.79 Å². The van der Waals surface area contributed by atoms with Gasteiger partial charge in [-0.15, -0.1) is 0 Å². The number of unbranched alkanes of at least 4 members (excludes halogenated alkanes) is 1. The van der Waals surface area contributed by atoms with Crippen molar-refractivity contribution in [2.45, 2.75) is 32.8 Å². The summed E-state index contributed by atoms with van der Waals surface area (Å²) in [5, 5.41) is 9.61. The maximum Gasteiger partial charge on any atom is 0.265 e. The Balaban J connectivity index is 1.99. The minimum Gasteiger partial charge on any atom is -0.479 e. The first-order chi connectivity index (χ1) is 9.60. The van der Waals surface area contributed by atoms with Crippen molar-refractivity contribution >= 4 is 34.6 Å². The molecule has 0 aliphatic carbocycles. The highest BCUT2D eigenvalue weighted by atomic mass is 32.1. The average molecular weight is 293 g/mol. The van der Waals surface area contributed by atoms with Gasteiger partial charge in [0.1, 0.15) is 5.75 Å². The fraction of sp³-hybridized carbons (Fsp3) is 0.429.